The third-order valence-electron chi connectivity index (χ3n) is 7.78. The lowest BCUT2D eigenvalue weighted by molar-refractivity contribution is -0.763. The van der Waals surface area contributed by atoms with Crippen LogP contribution in [0, 0.1) is 16.0 Å². The van der Waals surface area contributed by atoms with Crippen molar-refractivity contribution in [1.82, 2.24) is 25.1 Å². The molecule has 0 saturated carbocycles. The van der Waals surface area contributed by atoms with Gasteiger partial charge in [-0.1, -0.05) is 100.0 Å². The van der Waals surface area contributed by atoms with E-state index >= 15 is 0 Å². The number of rotatable bonds is 17. The van der Waals surface area contributed by atoms with Crippen molar-refractivity contribution in [2.75, 3.05) is 0 Å². The van der Waals surface area contributed by atoms with E-state index in [1.807, 2.05) is 55.5 Å². The van der Waals surface area contributed by atoms with Gasteiger partial charge in [-0.15, -0.1) is 25.1 Å². The van der Waals surface area contributed by atoms with Crippen molar-refractivity contribution < 1.29 is 38.9 Å². The van der Waals surface area contributed by atoms with Crippen LogP contribution in [0.15, 0.2) is 72.8 Å². The summed E-state index contributed by atoms with van der Waals surface area (Å²) in [6.45, 7) is 6.94. The van der Waals surface area contributed by atoms with Crippen molar-refractivity contribution in [3.8, 4) is 22.5 Å². The molecule has 1 heterocycles. The number of aliphatic carboxylic acids is 1. The van der Waals surface area contributed by atoms with Gasteiger partial charge in [0.05, 0.1) is 0 Å². The van der Waals surface area contributed by atoms with E-state index in [1.165, 1.54) is 4.90 Å². The second kappa shape index (κ2) is 17.5. The van der Waals surface area contributed by atoms with Gasteiger partial charge in [-0.2, -0.15) is 0 Å². The zero-order valence-corrected chi connectivity index (χ0v) is 28.3. The Morgan fingerprint density at radius 3 is 2.26 bits per heavy atom. The molecule has 0 spiro atoms. The fourth-order valence-electron chi connectivity index (χ4n) is 5.29. The van der Waals surface area contributed by atoms with Crippen LogP contribution in [0.3, 0.4) is 0 Å². The lowest BCUT2D eigenvalue weighted by Gasteiger charge is -2.32. The number of carboxylic acids is 1. The number of carbonyl (C=O) groups excluding carboxylic acids is 2. The third-order valence-corrected chi connectivity index (χ3v) is 7.78. The standard InChI is InChI=1S/C35H40N6O9/c1-5-6-14-31(42)39(32(23(2)3)34(43)44)20-25-15-17-28(18-16-25)29-12-7-8-13-30(29)33-36-38-40(37-33)24(4)50-35(45)48-21-26-10-9-11-27(19-26)22-49-41(46)47/h7-13,15-19,23-24,32H,5-6,14,20-22H2,1-4H3,(H,43,44)/t24?,32-/m1/s1. The minimum atomic E-state index is -1.03. The fraction of sp³-hybridized carbons (Fsp3) is 0.371. The number of ether oxygens (including phenoxy) is 2. The summed E-state index contributed by atoms with van der Waals surface area (Å²) in [4.78, 5) is 55.0. The van der Waals surface area contributed by atoms with Gasteiger partial charge in [0.15, 0.2) is 0 Å². The Hall–Kier alpha value is -5.86. The van der Waals surface area contributed by atoms with Gasteiger partial charge in [-0.3, -0.25) is 4.79 Å². The molecule has 1 amide bonds. The largest absolute Gasteiger partial charge is 0.510 e. The first kappa shape index (κ1) is 37.0. The Morgan fingerprint density at radius 1 is 0.940 bits per heavy atom. The summed E-state index contributed by atoms with van der Waals surface area (Å²) in [5.41, 5.74) is 4.23. The molecule has 1 N–H and O–H groups in total. The number of unbranched alkanes of at least 4 members (excludes halogenated alkanes) is 1. The van der Waals surface area contributed by atoms with Gasteiger partial charge in [0, 0.05) is 18.5 Å². The van der Waals surface area contributed by atoms with Gasteiger partial charge < -0.3 is 24.3 Å². The molecule has 264 valence electrons. The Balaban J connectivity index is 1.43. The third kappa shape index (κ3) is 10.1. The molecule has 1 aromatic heterocycles. The number of benzene rings is 3. The topological polar surface area (TPSA) is 189 Å². The van der Waals surface area contributed by atoms with Gasteiger partial charge >= 0.3 is 12.1 Å². The van der Waals surface area contributed by atoms with Gasteiger partial charge in [-0.05, 0) is 52.3 Å². The minimum absolute atomic E-state index is 0.134. The number of hydrogen-bond acceptors (Lipinski definition) is 11. The fourth-order valence-corrected chi connectivity index (χ4v) is 5.29. The van der Waals surface area contributed by atoms with Gasteiger partial charge in [-0.25, -0.2) is 9.59 Å². The number of hydrogen-bond donors (Lipinski definition) is 1. The van der Waals surface area contributed by atoms with Crippen LogP contribution in [-0.4, -0.2) is 59.4 Å². The molecule has 0 saturated heterocycles. The molecule has 0 aliphatic rings. The van der Waals surface area contributed by atoms with Crippen molar-refractivity contribution >= 4 is 18.0 Å². The van der Waals surface area contributed by atoms with Crippen molar-refractivity contribution in [2.24, 2.45) is 5.92 Å². The van der Waals surface area contributed by atoms with E-state index in [2.05, 4.69) is 20.2 Å². The summed E-state index contributed by atoms with van der Waals surface area (Å²) in [6, 6.07) is 20.6. The van der Waals surface area contributed by atoms with Crippen LogP contribution in [0.5, 0.6) is 0 Å². The molecule has 15 heteroatoms. The molecule has 0 radical (unpaired) electrons. The van der Waals surface area contributed by atoms with E-state index in [-0.39, 0.29) is 43.8 Å². The summed E-state index contributed by atoms with van der Waals surface area (Å²) >= 11 is 0. The molecular weight excluding hydrogens is 648 g/mol. The molecule has 3 aromatic carbocycles. The number of aromatic nitrogens is 4. The lowest BCUT2D eigenvalue weighted by atomic mass is 9.97. The Labute approximate surface area is 288 Å². The molecular formula is C35H40N6O9. The molecule has 50 heavy (non-hydrogen) atoms. The average molecular weight is 689 g/mol. The van der Waals surface area contributed by atoms with Crippen molar-refractivity contribution in [3.63, 3.8) is 0 Å². The molecule has 1 unspecified atom stereocenters. The van der Waals surface area contributed by atoms with Crippen LogP contribution >= 0.6 is 0 Å². The predicted molar refractivity (Wildman–Crippen MR) is 179 cm³/mol. The maximum atomic E-state index is 13.1. The molecule has 0 aliphatic carbocycles. The van der Waals surface area contributed by atoms with E-state index in [1.54, 1.807) is 45.0 Å². The van der Waals surface area contributed by atoms with Crippen LogP contribution in [0.4, 0.5) is 4.79 Å². The summed E-state index contributed by atoms with van der Waals surface area (Å²) in [6.07, 6.45) is -0.128. The summed E-state index contributed by atoms with van der Waals surface area (Å²) in [5.74, 6) is -1.19. The SMILES string of the molecule is CCCCC(=O)N(Cc1ccc(-c2ccccc2-c2nnn(C(C)OC(=O)OCc3cccc(CO[N+](=O)[O-])c3)n2)cc1)[C@@H](C(=O)O)C(C)C. The van der Waals surface area contributed by atoms with Crippen LogP contribution in [0.1, 0.15) is 69.9 Å². The zero-order valence-electron chi connectivity index (χ0n) is 28.3. The Bertz CT molecular complexity index is 1780. The maximum absolute atomic E-state index is 13.1. The van der Waals surface area contributed by atoms with E-state index in [4.69, 9.17) is 9.47 Å². The second-order valence-electron chi connectivity index (χ2n) is 11.9. The molecule has 4 aromatic rings. The average Bonchev–Trinajstić information content (AvgIpc) is 3.59. The zero-order chi connectivity index (χ0) is 36.2. The number of nitrogens with zero attached hydrogens (tertiary/aromatic N) is 6. The first-order valence-electron chi connectivity index (χ1n) is 16.2. The first-order chi connectivity index (χ1) is 24.0. The summed E-state index contributed by atoms with van der Waals surface area (Å²) < 4.78 is 10.5. The highest BCUT2D eigenvalue weighted by molar-refractivity contribution is 5.84. The normalized spacial score (nSPS) is 12.2. The van der Waals surface area contributed by atoms with Crippen LogP contribution in [0.2, 0.25) is 0 Å². The second-order valence-corrected chi connectivity index (χ2v) is 11.9. The van der Waals surface area contributed by atoms with Gasteiger partial charge in [0.25, 0.3) is 5.09 Å². The minimum Gasteiger partial charge on any atom is -0.480 e. The van der Waals surface area contributed by atoms with Crippen LogP contribution in [-0.2, 0) is 43.7 Å². The summed E-state index contributed by atoms with van der Waals surface area (Å²) in [5, 5.41) is 32.1. The molecule has 4 rings (SSSR count). The lowest BCUT2D eigenvalue weighted by Crippen LogP contribution is -2.47. The van der Waals surface area contributed by atoms with Gasteiger partial charge in [0.1, 0.15) is 19.3 Å². The predicted octanol–water partition coefficient (Wildman–Crippen LogP) is 6.22. The Kier molecular flexibility index (Phi) is 12.9. The first-order valence-corrected chi connectivity index (χ1v) is 16.2. The van der Waals surface area contributed by atoms with Crippen molar-refractivity contribution in [2.45, 2.75) is 79.0 Å². The van der Waals surface area contributed by atoms with Crippen molar-refractivity contribution in [3.05, 3.63) is 99.6 Å². The van der Waals surface area contributed by atoms with E-state index < -0.39 is 29.5 Å². The van der Waals surface area contributed by atoms with E-state index in [9.17, 15) is 29.6 Å². The van der Waals surface area contributed by atoms with Crippen LogP contribution in [0.25, 0.3) is 22.5 Å². The quantitative estimate of drug-likeness (QED) is 0.0750. The molecule has 2 atom stereocenters. The number of carbonyl (C=O) groups is 3. The molecule has 0 fully saturated rings. The van der Waals surface area contributed by atoms with Crippen molar-refractivity contribution in [1.29, 1.82) is 0 Å². The molecule has 15 nitrogen and oxygen atoms in total. The highest BCUT2D eigenvalue weighted by atomic mass is 16.9. The highest BCUT2D eigenvalue weighted by Crippen LogP contribution is 2.31. The monoisotopic (exact) mass is 688 g/mol. The van der Waals surface area contributed by atoms with Crippen LogP contribution < -0.4 is 0 Å². The molecule has 0 aliphatic heterocycles. The number of tetrazole rings is 1. The number of amides is 1. The summed E-state index contributed by atoms with van der Waals surface area (Å²) in [7, 11) is 0. The number of carboxylic acid groups (broad SMARTS) is 1. The van der Waals surface area contributed by atoms with E-state index in [0.29, 0.717) is 23.1 Å². The van der Waals surface area contributed by atoms with Gasteiger partial charge in [0.2, 0.25) is 18.0 Å². The molecule has 0 bridgehead atoms. The Morgan fingerprint density at radius 2 is 1.62 bits per heavy atom. The van der Waals surface area contributed by atoms with E-state index in [0.717, 1.165) is 27.9 Å². The highest BCUT2D eigenvalue weighted by Gasteiger charge is 2.32. The smallest absolute Gasteiger partial charge is 0.480 e. The maximum Gasteiger partial charge on any atom is 0.510 e.